The number of allylic oxidation sites excluding steroid dienone is 1. The van der Waals surface area contributed by atoms with E-state index < -0.39 is 5.97 Å². The number of halogens is 1. The largest absolute Gasteiger partial charge is 0.493 e. The van der Waals surface area contributed by atoms with Crippen LogP contribution in [0.4, 0.5) is 0 Å². The molecule has 0 aromatic heterocycles. The number of carboxylic acids is 1. The molecule has 0 aliphatic heterocycles. The maximum atomic E-state index is 11.1. The second-order valence-corrected chi connectivity index (χ2v) is 3.90. The van der Waals surface area contributed by atoms with Crippen molar-refractivity contribution in [2.75, 3.05) is 14.2 Å². The number of hydrogen-bond donors (Lipinski definition) is 1. The minimum atomic E-state index is -1.04. The molecule has 0 bridgehead atoms. The van der Waals surface area contributed by atoms with Crippen LogP contribution in [-0.2, 0) is 6.42 Å². The maximum absolute atomic E-state index is 11.1. The van der Waals surface area contributed by atoms with Gasteiger partial charge in [0.15, 0.2) is 11.5 Å². The van der Waals surface area contributed by atoms with Crippen LogP contribution in [0, 0.1) is 0 Å². The van der Waals surface area contributed by atoms with Gasteiger partial charge in [-0.1, -0.05) is 18.2 Å². The van der Waals surface area contributed by atoms with Crippen molar-refractivity contribution in [2.24, 2.45) is 0 Å². The van der Waals surface area contributed by atoms with E-state index in [9.17, 15) is 4.79 Å². The van der Waals surface area contributed by atoms with E-state index in [0.717, 1.165) is 0 Å². The zero-order valence-corrected chi connectivity index (χ0v) is 10.4. The van der Waals surface area contributed by atoms with Crippen molar-refractivity contribution < 1.29 is 19.4 Å². The van der Waals surface area contributed by atoms with Gasteiger partial charge in [0.1, 0.15) is 0 Å². The number of aromatic carboxylic acids is 1. The van der Waals surface area contributed by atoms with Gasteiger partial charge in [0.05, 0.1) is 19.8 Å². The monoisotopic (exact) mass is 256 g/mol. The van der Waals surface area contributed by atoms with Crippen molar-refractivity contribution in [1.82, 2.24) is 0 Å². The first-order valence-electron chi connectivity index (χ1n) is 4.81. The fourth-order valence-corrected chi connectivity index (χ4v) is 1.62. The van der Waals surface area contributed by atoms with Crippen molar-refractivity contribution in [2.45, 2.75) is 6.42 Å². The third-order valence-electron chi connectivity index (χ3n) is 2.22. The molecule has 0 heterocycles. The van der Waals surface area contributed by atoms with Crippen molar-refractivity contribution in [3.05, 3.63) is 34.9 Å². The van der Waals surface area contributed by atoms with Gasteiger partial charge in [0, 0.05) is 11.5 Å². The number of carboxylic acid groups (broad SMARTS) is 1. The van der Waals surface area contributed by atoms with E-state index in [0.29, 0.717) is 22.1 Å². The summed E-state index contributed by atoms with van der Waals surface area (Å²) in [6.07, 6.45) is 0.267. The fourth-order valence-electron chi connectivity index (χ4n) is 1.47. The van der Waals surface area contributed by atoms with E-state index in [-0.39, 0.29) is 12.0 Å². The van der Waals surface area contributed by atoms with Crippen LogP contribution in [0.3, 0.4) is 0 Å². The Kier molecular flexibility index (Phi) is 4.40. The molecule has 0 aliphatic rings. The van der Waals surface area contributed by atoms with Crippen LogP contribution in [0.5, 0.6) is 11.5 Å². The van der Waals surface area contributed by atoms with Crippen LogP contribution in [0.2, 0.25) is 0 Å². The molecule has 0 saturated carbocycles. The van der Waals surface area contributed by atoms with E-state index in [1.165, 1.54) is 20.3 Å². The SMILES string of the molecule is C=C(Cl)Cc1cc(OC)c(OC)cc1C(=O)O. The number of benzene rings is 1. The van der Waals surface area contributed by atoms with E-state index >= 15 is 0 Å². The molecule has 17 heavy (non-hydrogen) atoms. The lowest BCUT2D eigenvalue weighted by Crippen LogP contribution is -2.04. The molecule has 0 unspecified atom stereocenters. The van der Waals surface area contributed by atoms with Gasteiger partial charge >= 0.3 is 5.97 Å². The van der Waals surface area contributed by atoms with Gasteiger partial charge in [-0.3, -0.25) is 0 Å². The van der Waals surface area contributed by atoms with Crippen LogP contribution < -0.4 is 9.47 Å². The number of carbonyl (C=O) groups is 1. The molecule has 1 N–H and O–H groups in total. The number of ether oxygens (including phenoxy) is 2. The van der Waals surface area contributed by atoms with Gasteiger partial charge in [0.2, 0.25) is 0 Å². The van der Waals surface area contributed by atoms with Crippen molar-refractivity contribution >= 4 is 17.6 Å². The Balaban J connectivity index is 3.34. The van der Waals surface area contributed by atoms with Crippen LogP contribution in [0.15, 0.2) is 23.7 Å². The van der Waals surface area contributed by atoms with E-state index in [1.54, 1.807) is 6.07 Å². The van der Waals surface area contributed by atoms with Gasteiger partial charge in [-0.15, -0.1) is 0 Å². The minimum absolute atomic E-state index is 0.129. The molecule has 0 fully saturated rings. The number of methoxy groups -OCH3 is 2. The molecule has 92 valence electrons. The Morgan fingerprint density at radius 3 is 2.29 bits per heavy atom. The van der Waals surface area contributed by atoms with Crippen LogP contribution in [0.1, 0.15) is 15.9 Å². The second-order valence-electron chi connectivity index (χ2n) is 3.36. The highest BCUT2D eigenvalue weighted by Gasteiger charge is 2.16. The number of hydrogen-bond acceptors (Lipinski definition) is 3. The summed E-state index contributed by atoms with van der Waals surface area (Å²) in [6, 6.07) is 3.01. The zero-order chi connectivity index (χ0) is 13.0. The van der Waals surface area contributed by atoms with Crippen LogP contribution in [-0.4, -0.2) is 25.3 Å². The predicted octanol–water partition coefficient (Wildman–Crippen LogP) is 2.70. The smallest absolute Gasteiger partial charge is 0.336 e. The lowest BCUT2D eigenvalue weighted by atomic mass is 10.0. The fraction of sp³-hybridized carbons (Fsp3) is 0.250. The molecule has 0 atom stereocenters. The summed E-state index contributed by atoms with van der Waals surface area (Å²) in [5.74, 6) is -0.210. The highest BCUT2D eigenvalue weighted by atomic mass is 35.5. The molecule has 0 amide bonds. The Morgan fingerprint density at radius 2 is 1.88 bits per heavy atom. The molecule has 0 spiro atoms. The number of rotatable bonds is 5. The lowest BCUT2D eigenvalue weighted by molar-refractivity contribution is 0.0695. The summed E-state index contributed by atoms with van der Waals surface area (Å²) in [6.45, 7) is 3.55. The molecule has 4 nitrogen and oxygen atoms in total. The first kappa shape index (κ1) is 13.4. The van der Waals surface area contributed by atoms with Crippen molar-refractivity contribution in [1.29, 1.82) is 0 Å². The third kappa shape index (κ3) is 3.14. The summed E-state index contributed by atoms with van der Waals surface area (Å²) in [4.78, 5) is 11.1. The molecule has 1 aromatic carbocycles. The van der Waals surface area contributed by atoms with Crippen molar-refractivity contribution in [3.8, 4) is 11.5 Å². The normalized spacial score (nSPS) is 9.82. The first-order valence-corrected chi connectivity index (χ1v) is 5.18. The van der Waals surface area contributed by atoms with Gasteiger partial charge in [0.25, 0.3) is 0 Å². The average Bonchev–Trinajstić information content (AvgIpc) is 2.27. The Morgan fingerprint density at radius 1 is 1.35 bits per heavy atom. The Hall–Kier alpha value is -1.68. The van der Waals surface area contributed by atoms with Crippen molar-refractivity contribution in [3.63, 3.8) is 0 Å². The van der Waals surface area contributed by atoms with Gasteiger partial charge < -0.3 is 14.6 Å². The summed E-state index contributed by atoms with van der Waals surface area (Å²) in [5, 5.41) is 9.45. The molecule has 0 radical (unpaired) electrons. The topological polar surface area (TPSA) is 55.8 Å². The molecular weight excluding hydrogens is 244 g/mol. The van der Waals surface area contributed by atoms with Crippen LogP contribution in [0.25, 0.3) is 0 Å². The van der Waals surface area contributed by atoms with E-state index in [2.05, 4.69) is 6.58 Å². The molecule has 0 saturated heterocycles. The Labute approximate surface area is 104 Å². The summed E-state index contributed by atoms with van der Waals surface area (Å²) in [7, 11) is 2.93. The lowest BCUT2D eigenvalue weighted by Gasteiger charge is -2.12. The minimum Gasteiger partial charge on any atom is -0.493 e. The molecular formula is C12H13ClO4. The standard InChI is InChI=1S/C12H13ClO4/c1-7(13)4-8-5-10(16-2)11(17-3)6-9(8)12(14)15/h5-6H,1,4H2,2-3H3,(H,14,15). The van der Waals surface area contributed by atoms with Gasteiger partial charge in [-0.05, 0) is 17.7 Å². The average molecular weight is 257 g/mol. The quantitative estimate of drug-likeness (QED) is 0.880. The van der Waals surface area contributed by atoms with Gasteiger partial charge in [-0.2, -0.15) is 0 Å². The van der Waals surface area contributed by atoms with Crippen LogP contribution >= 0.6 is 11.6 Å². The summed E-state index contributed by atoms with van der Waals surface area (Å²) >= 11 is 5.70. The van der Waals surface area contributed by atoms with Gasteiger partial charge in [-0.25, -0.2) is 4.79 Å². The molecule has 5 heteroatoms. The Bertz CT molecular complexity index is 454. The van der Waals surface area contributed by atoms with E-state index in [1.807, 2.05) is 0 Å². The first-order chi connectivity index (χ1) is 7.99. The molecule has 1 aromatic rings. The van der Waals surface area contributed by atoms with E-state index in [4.69, 9.17) is 26.2 Å². The third-order valence-corrected chi connectivity index (χ3v) is 2.36. The highest BCUT2D eigenvalue weighted by molar-refractivity contribution is 6.29. The predicted molar refractivity (Wildman–Crippen MR) is 65.2 cm³/mol. The maximum Gasteiger partial charge on any atom is 0.336 e. The molecule has 1 rings (SSSR count). The zero-order valence-electron chi connectivity index (χ0n) is 9.62. The summed E-state index contributed by atoms with van der Waals surface area (Å²) < 4.78 is 10.1. The second kappa shape index (κ2) is 5.59. The highest BCUT2D eigenvalue weighted by Crippen LogP contribution is 2.31. The molecule has 0 aliphatic carbocycles. The summed E-state index contributed by atoms with van der Waals surface area (Å²) in [5.41, 5.74) is 0.666.